The fourth-order valence-electron chi connectivity index (χ4n) is 4.85. The number of benzene rings is 1. The van der Waals surface area contributed by atoms with Crippen molar-refractivity contribution in [3.63, 3.8) is 0 Å². The molecule has 11 heteroatoms. The van der Waals surface area contributed by atoms with Crippen LogP contribution in [-0.4, -0.2) is 45.7 Å². The Bertz CT molecular complexity index is 1580. The summed E-state index contributed by atoms with van der Waals surface area (Å²) < 4.78 is 15.6. The lowest BCUT2D eigenvalue weighted by Gasteiger charge is -2.32. The van der Waals surface area contributed by atoms with Crippen molar-refractivity contribution in [3.05, 3.63) is 76.2 Å². The predicted octanol–water partition coefficient (Wildman–Crippen LogP) is 5.22. The molecule has 0 aliphatic carbocycles. The highest BCUT2D eigenvalue weighted by molar-refractivity contribution is 8.18. The number of hydrogen-bond acceptors (Lipinski definition) is 9. The maximum atomic E-state index is 14.5. The molecule has 8 nitrogen and oxygen atoms in total. The van der Waals surface area contributed by atoms with E-state index >= 15 is 0 Å². The third kappa shape index (κ3) is 5.85. The molecule has 0 atom stereocenters. The molecule has 2 aliphatic rings. The molecule has 2 N–H and O–H groups in total. The molecule has 2 amide bonds. The molecular formula is C28H25FN6O2S2. The van der Waals surface area contributed by atoms with Crippen molar-refractivity contribution in [2.75, 3.05) is 24.5 Å². The molecule has 5 heterocycles. The third-order valence-electron chi connectivity index (χ3n) is 6.82. The topological polar surface area (TPSA) is 100 Å². The second-order valence-corrected chi connectivity index (χ2v) is 11.4. The zero-order valence-electron chi connectivity index (χ0n) is 20.9. The van der Waals surface area contributed by atoms with Gasteiger partial charge in [0.1, 0.15) is 5.82 Å². The number of amides is 2. The van der Waals surface area contributed by atoms with Crippen LogP contribution in [0.25, 0.3) is 27.4 Å². The standard InChI is InChI=1S/C28H25FN6O2S2/c29-18-11-20(32-23(12-18)22-16-38-24-4-2-1-3-21(22)24)15-30-14-17-6-9-35(10-7-17)27-31-8-5-19(33-27)13-25-26(36)34-28(37)39-25/h1-5,8,11-13,16-17,30H,6-7,9-10,14-15H2,(H,34,36,37)/b25-13-. The molecule has 2 aliphatic heterocycles. The summed E-state index contributed by atoms with van der Waals surface area (Å²) in [5.41, 5.74) is 2.90. The van der Waals surface area contributed by atoms with Crippen LogP contribution in [0.15, 0.2) is 58.9 Å². The van der Waals surface area contributed by atoms with Crippen LogP contribution in [0.5, 0.6) is 0 Å². The molecule has 0 radical (unpaired) electrons. The number of imide groups is 1. The quantitative estimate of drug-likeness (QED) is 0.297. The van der Waals surface area contributed by atoms with E-state index in [1.54, 1.807) is 29.7 Å². The van der Waals surface area contributed by atoms with E-state index in [4.69, 9.17) is 4.98 Å². The third-order valence-corrected chi connectivity index (χ3v) is 8.60. The number of pyridine rings is 1. The Labute approximate surface area is 232 Å². The monoisotopic (exact) mass is 560 g/mol. The van der Waals surface area contributed by atoms with Gasteiger partial charge in [0.25, 0.3) is 11.1 Å². The molecule has 0 saturated carbocycles. The largest absolute Gasteiger partial charge is 0.341 e. The van der Waals surface area contributed by atoms with E-state index in [0.717, 1.165) is 59.9 Å². The van der Waals surface area contributed by atoms with Gasteiger partial charge in [-0.25, -0.2) is 14.4 Å². The normalized spacial score (nSPS) is 17.4. The van der Waals surface area contributed by atoms with Gasteiger partial charge in [0.15, 0.2) is 0 Å². The lowest BCUT2D eigenvalue weighted by molar-refractivity contribution is -0.115. The van der Waals surface area contributed by atoms with Crippen molar-refractivity contribution < 1.29 is 14.0 Å². The Morgan fingerprint density at radius 1 is 1.13 bits per heavy atom. The minimum absolute atomic E-state index is 0.281. The van der Waals surface area contributed by atoms with Gasteiger partial charge in [-0.2, -0.15) is 0 Å². The number of hydrogen-bond donors (Lipinski definition) is 2. The molecule has 0 unspecified atom stereocenters. The Kier molecular flexibility index (Phi) is 7.36. The number of piperidine rings is 1. The summed E-state index contributed by atoms with van der Waals surface area (Å²) in [5.74, 6) is 0.410. The molecule has 3 aromatic heterocycles. The van der Waals surface area contributed by atoms with Gasteiger partial charge in [0.05, 0.1) is 22.0 Å². The van der Waals surface area contributed by atoms with Crippen LogP contribution in [0, 0.1) is 11.7 Å². The van der Waals surface area contributed by atoms with Gasteiger partial charge in [0.2, 0.25) is 5.95 Å². The number of thiophene rings is 1. The van der Waals surface area contributed by atoms with E-state index in [1.165, 1.54) is 12.1 Å². The molecule has 1 aromatic carbocycles. The number of carbonyl (C=O) groups excluding carboxylic acids is 2. The molecule has 0 bridgehead atoms. The predicted molar refractivity (Wildman–Crippen MR) is 153 cm³/mol. The number of fused-ring (bicyclic) bond motifs is 1. The highest BCUT2D eigenvalue weighted by atomic mass is 32.2. The van der Waals surface area contributed by atoms with E-state index in [-0.39, 0.29) is 11.1 Å². The average molecular weight is 561 g/mol. The molecule has 0 spiro atoms. The van der Waals surface area contributed by atoms with Gasteiger partial charge in [0, 0.05) is 52.9 Å². The number of rotatable bonds is 7. The van der Waals surface area contributed by atoms with Crippen LogP contribution in [0.4, 0.5) is 15.1 Å². The second-order valence-electron chi connectivity index (χ2n) is 9.50. The van der Waals surface area contributed by atoms with Gasteiger partial charge >= 0.3 is 0 Å². The van der Waals surface area contributed by atoms with Crippen molar-refractivity contribution >= 4 is 56.4 Å². The smallest absolute Gasteiger partial charge is 0.290 e. The molecule has 2 fully saturated rings. The molecule has 6 rings (SSSR count). The van der Waals surface area contributed by atoms with E-state index in [1.807, 2.05) is 23.6 Å². The van der Waals surface area contributed by atoms with Gasteiger partial charge in [-0.3, -0.25) is 19.9 Å². The highest BCUT2D eigenvalue weighted by Gasteiger charge is 2.26. The number of nitrogens with zero attached hydrogens (tertiary/aromatic N) is 4. The lowest BCUT2D eigenvalue weighted by Crippen LogP contribution is -2.38. The Hall–Kier alpha value is -3.67. The van der Waals surface area contributed by atoms with E-state index in [0.29, 0.717) is 40.4 Å². The fourth-order valence-corrected chi connectivity index (χ4v) is 6.47. The first-order chi connectivity index (χ1) is 19.0. The van der Waals surface area contributed by atoms with E-state index in [9.17, 15) is 14.0 Å². The van der Waals surface area contributed by atoms with Crippen molar-refractivity contribution in [1.82, 2.24) is 25.6 Å². The maximum absolute atomic E-state index is 14.5. The maximum Gasteiger partial charge on any atom is 0.290 e. The van der Waals surface area contributed by atoms with Crippen molar-refractivity contribution in [2.24, 2.45) is 5.92 Å². The number of thioether (sulfide) groups is 1. The molecule has 2 saturated heterocycles. The molecule has 39 heavy (non-hydrogen) atoms. The van der Waals surface area contributed by atoms with Crippen LogP contribution in [-0.2, 0) is 11.3 Å². The number of nitrogens with one attached hydrogen (secondary N) is 2. The summed E-state index contributed by atoms with van der Waals surface area (Å²) in [5, 5.41) is 8.48. The summed E-state index contributed by atoms with van der Waals surface area (Å²) in [7, 11) is 0. The Morgan fingerprint density at radius 3 is 2.79 bits per heavy atom. The van der Waals surface area contributed by atoms with Gasteiger partial charge in [-0.15, -0.1) is 11.3 Å². The van der Waals surface area contributed by atoms with Crippen LogP contribution in [0.3, 0.4) is 0 Å². The molecular weight excluding hydrogens is 535 g/mol. The Morgan fingerprint density at radius 2 is 1.97 bits per heavy atom. The highest BCUT2D eigenvalue weighted by Crippen LogP contribution is 2.33. The first-order valence-corrected chi connectivity index (χ1v) is 14.4. The van der Waals surface area contributed by atoms with Crippen LogP contribution in [0.1, 0.15) is 24.2 Å². The zero-order valence-corrected chi connectivity index (χ0v) is 22.5. The van der Waals surface area contributed by atoms with Gasteiger partial charge in [-0.1, -0.05) is 18.2 Å². The molecule has 4 aromatic rings. The Balaban J connectivity index is 1.03. The summed E-state index contributed by atoms with van der Waals surface area (Å²) in [6.07, 6.45) is 5.22. The summed E-state index contributed by atoms with van der Waals surface area (Å²) in [4.78, 5) is 39.4. The van der Waals surface area contributed by atoms with Crippen LogP contribution >= 0.6 is 23.1 Å². The lowest BCUT2D eigenvalue weighted by atomic mass is 9.97. The average Bonchev–Trinajstić information content (AvgIpc) is 3.51. The summed E-state index contributed by atoms with van der Waals surface area (Å²) >= 11 is 2.51. The van der Waals surface area contributed by atoms with Gasteiger partial charge in [-0.05, 0) is 61.3 Å². The SMILES string of the molecule is O=C1NC(=O)/C(=C/c2ccnc(N3CCC(CNCc4cc(F)cc(-c5csc6ccccc56)n4)CC3)n2)S1. The minimum atomic E-state index is -0.400. The number of halogens is 1. The summed E-state index contributed by atoms with van der Waals surface area (Å²) in [6, 6.07) is 12.8. The van der Waals surface area contributed by atoms with E-state index in [2.05, 4.69) is 31.6 Å². The fraction of sp³-hybridized carbons (Fsp3) is 0.250. The van der Waals surface area contributed by atoms with Crippen LogP contribution in [0.2, 0.25) is 0 Å². The first-order valence-electron chi connectivity index (χ1n) is 12.7. The first kappa shape index (κ1) is 25.6. The van der Waals surface area contributed by atoms with Crippen molar-refractivity contribution in [2.45, 2.75) is 19.4 Å². The van der Waals surface area contributed by atoms with Crippen molar-refractivity contribution in [3.8, 4) is 11.3 Å². The zero-order chi connectivity index (χ0) is 26.8. The minimum Gasteiger partial charge on any atom is -0.341 e. The summed E-state index contributed by atoms with van der Waals surface area (Å²) in [6.45, 7) is 2.94. The number of aromatic nitrogens is 3. The second kappa shape index (κ2) is 11.2. The van der Waals surface area contributed by atoms with Gasteiger partial charge < -0.3 is 10.2 Å². The number of carbonyl (C=O) groups is 2. The van der Waals surface area contributed by atoms with Crippen LogP contribution < -0.4 is 15.5 Å². The van der Waals surface area contributed by atoms with Crippen molar-refractivity contribution in [1.29, 1.82) is 0 Å². The number of anilines is 1. The van der Waals surface area contributed by atoms with E-state index < -0.39 is 5.91 Å². The molecule has 198 valence electrons.